The lowest BCUT2D eigenvalue weighted by atomic mass is 9.98. The molecule has 4 nitrogen and oxygen atoms in total. The summed E-state index contributed by atoms with van der Waals surface area (Å²) in [6, 6.07) is 9.01. The first-order valence-electron chi connectivity index (χ1n) is 9.62. The lowest BCUT2D eigenvalue weighted by molar-refractivity contribution is -0.127. The van der Waals surface area contributed by atoms with Crippen LogP contribution in [0.5, 0.6) is 5.75 Å². The average Bonchev–Trinajstić information content (AvgIpc) is 2.58. The minimum absolute atomic E-state index is 0.0215. The molecule has 1 aromatic rings. The number of carbonyl (C=O) groups excluding carboxylic acids is 1. The van der Waals surface area contributed by atoms with Gasteiger partial charge in [0.15, 0.2) is 8.32 Å². The molecule has 0 amide bonds. The monoisotopic (exact) mass is 376 g/mol. The average molecular weight is 377 g/mol. The SMILES string of the molecule is C=CC[C@H](Cc1cccc2c1C(=O)OC(C)(C)O2)O[Si](CC)(CC)CC. The first-order valence-corrected chi connectivity index (χ1v) is 12.2. The van der Waals surface area contributed by atoms with E-state index in [2.05, 4.69) is 27.4 Å². The summed E-state index contributed by atoms with van der Waals surface area (Å²) in [5.41, 5.74) is 1.45. The number of rotatable bonds is 9. The Hall–Kier alpha value is -1.59. The molecule has 0 bridgehead atoms. The highest BCUT2D eigenvalue weighted by Gasteiger charge is 2.36. The highest BCUT2D eigenvalue weighted by molar-refractivity contribution is 6.73. The summed E-state index contributed by atoms with van der Waals surface area (Å²) in [5, 5.41) is 0. The minimum atomic E-state index is -1.74. The Balaban J connectivity index is 2.30. The molecule has 1 aliphatic rings. The van der Waals surface area contributed by atoms with Crippen molar-refractivity contribution in [3.63, 3.8) is 0 Å². The van der Waals surface area contributed by atoms with Crippen LogP contribution in [-0.2, 0) is 15.6 Å². The van der Waals surface area contributed by atoms with E-state index >= 15 is 0 Å². The quantitative estimate of drug-likeness (QED) is 0.325. The van der Waals surface area contributed by atoms with Crippen molar-refractivity contribution in [3.8, 4) is 5.75 Å². The van der Waals surface area contributed by atoms with Gasteiger partial charge in [-0.25, -0.2) is 4.79 Å². The van der Waals surface area contributed by atoms with Crippen molar-refractivity contribution < 1.29 is 18.7 Å². The molecule has 1 atom stereocenters. The van der Waals surface area contributed by atoms with E-state index in [4.69, 9.17) is 13.9 Å². The maximum atomic E-state index is 12.6. The Morgan fingerprint density at radius 1 is 1.19 bits per heavy atom. The molecule has 1 heterocycles. The fourth-order valence-corrected chi connectivity index (χ4v) is 6.47. The molecule has 0 fully saturated rings. The van der Waals surface area contributed by atoms with E-state index in [0.29, 0.717) is 17.7 Å². The van der Waals surface area contributed by atoms with Gasteiger partial charge in [0.05, 0.1) is 6.10 Å². The maximum Gasteiger partial charge on any atom is 0.345 e. The molecule has 5 heteroatoms. The number of benzene rings is 1. The van der Waals surface area contributed by atoms with Crippen LogP contribution in [0, 0.1) is 0 Å². The van der Waals surface area contributed by atoms with Gasteiger partial charge in [-0.3, -0.25) is 0 Å². The second kappa shape index (κ2) is 8.40. The number of carbonyl (C=O) groups is 1. The van der Waals surface area contributed by atoms with E-state index < -0.39 is 14.1 Å². The van der Waals surface area contributed by atoms with Crippen LogP contribution >= 0.6 is 0 Å². The molecule has 0 unspecified atom stereocenters. The normalized spacial score (nSPS) is 17.0. The number of fused-ring (bicyclic) bond motifs is 1. The second-order valence-corrected chi connectivity index (χ2v) is 12.1. The lowest BCUT2D eigenvalue weighted by Crippen LogP contribution is -2.41. The van der Waals surface area contributed by atoms with Crippen LogP contribution in [0.15, 0.2) is 30.9 Å². The highest BCUT2D eigenvalue weighted by Crippen LogP contribution is 2.35. The Morgan fingerprint density at radius 2 is 1.85 bits per heavy atom. The van der Waals surface area contributed by atoms with Crippen molar-refractivity contribution in [2.75, 3.05) is 0 Å². The van der Waals surface area contributed by atoms with Crippen LogP contribution in [0.25, 0.3) is 0 Å². The number of cyclic esters (lactones) is 1. The van der Waals surface area contributed by atoms with Crippen molar-refractivity contribution in [2.24, 2.45) is 0 Å². The zero-order chi connectivity index (χ0) is 19.4. The van der Waals surface area contributed by atoms with Gasteiger partial charge >= 0.3 is 5.97 Å². The third-order valence-corrected chi connectivity index (χ3v) is 9.94. The van der Waals surface area contributed by atoms with Gasteiger partial charge in [0.2, 0.25) is 5.79 Å². The largest absolute Gasteiger partial charge is 0.452 e. The van der Waals surface area contributed by atoms with Gasteiger partial charge in [-0.05, 0) is 42.6 Å². The van der Waals surface area contributed by atoms with Crippen molar-refractivity contribution in [2.45, 2.75) is 77.5 Å². The van der Waals surface area contributed by atoms with Gasteiger partial charge in [-0.2, -0.15) is 0 Å². The summed E-state index contributed by atoms with van der Waals surface area (Å²) in [7, 11) is -1.74. The molecule has 0 spiro atoms. The summed E-state index contributed by atoms with van der Waals surface area (Å²) >= 11 is 0. The third kappa shape index (κ3) is 4.57. The molecular formula is C21H32O4Si. The van der Waals surface area contributed by atoms with Gasteiger partial charge in [0.1, 0.15) is 11.3 Å². The Labute approximate surface area is 158 Å². The topological polar surface area (TPSA) is 44.8 Å². The Morgan fingerprint density at radius 3 is 2.42 bits per heavy atom. The minimum Gasteiger partial charge on any atom is -0.452 e. The molecule has 144 valence electrons. The van der Waals surface area contributed by atoms with E-state index in [1.807, 2.05) is 24.3 Å². The predicted octanol–water partition coefficient (Wildman–Crippen LogP) is 5.48. The van der Waals surface area contributed by atoms with E-state index in [9.17, 15) is 4.79 Å². The van der Waals surface area contributed by atoms with Crippen molar-refractivity contribution in [3.05, 3.63) is 42.0 Å². The van der Waals surface area contributed by atoms with Crippen LogP contribution < -0.4 is 4.74 Å². The lowest BCUT2D eigenvalue weighted by Gasteiger charge is -2.35. The summed E-state index contributed by atoms with van der Waals surface area (Å²) in [4.78, 5) is 12.6. The number of ether oxygens (including phenoxy) is 2. The zero-order valence-electron chi connectivity index (χ0n) is 16.8. The van der Waals surface area contributed by atoms with Crippen LogP contribution in [0.4, 0.5) is 0 Å². The molecule has 26 heavy (non-hydrogen) atoms. The fourth-order valence-electron chi connectivity index (χ4n) is 3.58. The van der Waals surface area contributed by atoms with Crippen molar-refractivity contribution >= 4 is 14.3 Å². The predicted molar refractivity (Wildman–Crippen MR) is 107 cm³/mol. The number of hydrogen-bond acceptors (Lipinski definition) is 4. The first kappa shape index (κ1) is 20.7. The summed E-state index contributed by atoms with van der Waals surface area (Å²) in [6.45, 7) is 14.1. The molecule has 0 saturated heterocycles. The smallest absolute Gasteiger partial charge is 0.345 e. The van der Waals surface area contributed by atoms with Crippen molar-refractivity contribution in [1.82, 2.24) is 0 Å². The standard InChI is InChI=1S/C21H32O4Si/c1-7-12-17(25-26(8-2,9-3)10-4)15-16-13-11-14-18-19(16)20(22)24-21(5,6)23-18/h7,11,13-14,17H,1,8-10,12,15H2,2-6H3/t17-/m1/s1. The maximum absolute atomic E-state index is 12.6. The number of hydrogen-bond donors (Lipinski definition) is 0. The Kier molecular flexibility index (Phi) is 6.69. The van der Waals surface area contributed by atoms with Crippen LogP contribution in [0.1, 0.15) is 57.0 Å². The first-order chi connectivity index (χ1) is 12.3. The van der Waals surface area contributed by atoms with Crippen LogP contribution in [0.2, 0.25) is 18.1 Å². The fraction of sp³-hybridized carbons (Fsp3) is 0.571. The van der Waals surface area contributed by atoms with Gasteiger partial charge in [-0.1, -0.05) is 39.0 Å². The van der Waals surface area contributed by atoms with Gasteiger partial charge in [0, 0.05) is 13.8 Å². The van der Waals surface area contributed by atoms with Gasteiger partial charge in [0.25, 0.3) is 0 Å². The van der Waals surface area contributed by atoms with E-state index in [1.54, 1.807) is 13.8 Å². The second-order valence-electron chi connectivity index (χ2n) is 7.39. The molecular weight excluding hydrogens is 344 g/mol. The third-order valence-electron chi connectivity index (χ3n) is 5.24. The molecule has 0 aromatic heterocycles. The molecule has 1 aromatic carbocycles. The molecule has 0 radical (unpaired) electrons. The Bertz CT molecular complexity index is 641. The molecule has 0 N–H and O–H groups in total. The van der Waals surface area contributed by atoms with E-state index in [-0.39, 0.29) is 12.1 Å². The van der Waals surface area contributed by atoms with Crippen LogP contribution in [0.3, 0.4) is 0 Å². The van der Waals surface area contributed by atoms with Gasteiger partial charge < -0.3 is 13.9 Å². The molecule has 2 rings (SSSR count). The van der Waals surface area contributed by atoms with E-state index in [0.717, 1.165) is 30.1 Å². The summed E-state index contributed by atoms with van der Waals surface area (Å²) < 4.78 is 17.9. The van der Waals surface area contributed by atoms with E-state index in [1.165, 1.54) is 0 Å². The molecule has 0 aliphatic carbocycles. The highest BCUT2D eigenvalue weighted by atomic mass is 28.4. The summed E-state index contributed by atoms with van der Waals surface area (Å²) in [5.74, 6) is -0.672. The van der Waals surface area contributed by atoms with Crippen LogP contribution in [-0.4, -0.2) is 26.2 Å². The summed E-state index contributed by atoms with van der Waals surface area (Å²) in [6.07, 6.45) is 3.34. The molecule has 0 saturated carbocycles. The van der Waals surface area contributed by atoms with Gasteiger partial charge in [-0.15, -0.1) is 6.58 Å². The number of esters is 1. The zero-order valence-corrected chi connectivity index (χ0v) is 17.8. The molecule has 1 aliphatic heterocycles. The van der Waals surface area contributed by atoms with Crippen molar-refractivity contribution in [1.29, 1.82) is 0 Å².